The number of benzene rings is 1. The van der Waals surface area contributed by atoms with Gasteiger partial charge in [-0.25, -0.2) is 0 Å². The number of hydrogen-bond acceptors (Lipinski definition) is 3. The van der Waals surface area contributed by atoms with E-state index in [1.807, 2.05) is 19.2 Å². The van der Waals surface area contributed by atoms with E-state index in [2.05, 4.69) is 30.4 Å². The molecule has 1 aliphatic rings. The second kappa shape index (κ2) is 5.41. The molecule has 2 unspecified atom stereocenters. The van der Waals surface area contributed by atoms with Crippen molar-refractivity contribution < 1.29 is 4.74 Å². The zero-order chi connectivity index (χ0) is 13.0. The fourth-order valence-corrected chi connectivity index (χ4v) is 2.52. The SMILES string of the molecule is CCc1cccc(OC2CCC(C#N)(NC)C2)c1. The smallest absolute Gasteiger partial charge is 0.119 e. The van der Waals surface area contributed by atoms with Crippen molar-refractivity contribution in [2.45, 2.75) is 44.2 Å². The Bertz CT molecular complexity index is 452. The lowest BCUT2D eigenvalue weighted by Crippen LogP contribution is -2.39. The second-order valence-corrected chi connectivity index (χ2v) is 4.93. The molecule has 2 atom stereocenters. The van der Waals surface area contributed by atoms with Crippen LogP contribution < -0.4 is 10.1 Å². The van der Waals surface area contributed by atoms with Crippen LogP contribution in [-0.4, -0.2) is 18.7 Å². The number of rotatable bonds is 4. The molecular weight excluding hydrogens is 224 g/mol. The van der Waals surface area contributed by atoms with Crippen LogP contribution in [0, 0.1) is 11.3 Å². The van der Waals surface area contributed by atoms with Gasteiger partial charge in [-0.3, -0.25) is 0 Å². The zero-order valence-corrected chi connectivity index (χ0v) is 11.1. The fourth-order valence-electron chi connectivity index (χ4n) is 2.52. The molecule has 0 amide bonds. The highest BCUT2D eigenvalue weighted by molar-refractivity contribution is 5.29. The molecule has 0 saturated heterocycles. The minimum atomic E-state index is -0.396. The first-order valence-corrected chi connectivity index (χ1v) is 6.57. The van der Waals surface area contributed by atoms with Gasteiger partial charge in [0.1, 0.15) is 17.4 Å². The van der Waals surface area contributed by atoms with Crippen LogP contribution in [0.2, 0.25) is 0 Å². The highest BCUT2D eigenvalue weighted by atomic mass is 16.5. The van der Waals surface area contributed by atoms with Crippen LogP contribution in [0.5, 0.6) is 5.75 Å². The fraction of sp³-hybridized carbons (Fsp3) is 0.533. The third-order valence-corrected chi connectivity index (χ3v) is 3.77. The van der Waals surface area contributed by atoms with E-state index in [9.17, 15) is 5.26 Å². The van der Waals surface area contributed by atoms with Gasteiger partial charge in [-0.1, -0.05) is 19.1 Å². The Morgan fingerprint density at radius 2 is 2.39 bits per heavy atom. The minimum Gasteiger partial charge on any atom is -0.490 e. The normalized spacial score (nSPS) is 26.8. The van der Waals surface area contributed by atoms with Crippen molar-refractivity contribution in [3.05, 3.63) is 29.8 Å². The van der Waals surface area contributed by atoms with Crippen molar-refractivity contribution in [2.24, 2.45) is 0 Å². The highest BCUT2D eigenvalue weighted by Crippen LogP contribution is 2.32. The van der Waals surface area contributed by atoms with E-state index in [1.54, 1.807) is 0 Å². The van der Waals surface area contributed by atoms with Crippen molar-refractivity contribution in [3.8, 4) is 11.8 Å². The van der Waals surface area contributed by atoms with E-state index in [4.69, 9.17) is 4.74 Å². The molecule has 3 nitrogen and oxygen atoms in total. The van der Waals surface area contributed by atoms with Gasteiger partial charge in [0.25, 0.3) is 0 Å². The van der Waals surface area contributed by atoms with Gasteiger partial charge in [0, 0.05) is 6.42 Å². The summed E-state index contributed by atoms with van der Waals surface area (Å²) in [6, 6.07) is 10.6. The summed E-state index contributed by atoms with van der Waals surface area (Å²) < 4.78 is 5.99. The largest absolute Gasteiger partial charge is 0.490 e. The average molecular weight is 244 g/mol. The summed E-state index contributed by atoms with van der Waals surface area (Å²) in [7, 11) is 1.85. The molecule has 96 valence electrons. The van der Waals surface area contributed by atoms with E-state index in [0.717, 1.165) is 31.4 Å². The molecule has 0 aromatic heterocycles. The van der Waals surface area contributed by atoms with Gasteiger partial charge in [0.2, 0.25) is 0 Å². The lowest BCUT2D eigenvalue weighted by Gasteiger charge is -2.20. The molecular formula is C15H20N2O. The maximum Gasteiger partial charge on any atom is 0.119 e. The molecule has 0 radical (unpaired) electrons. The maximum atomic E-state index is 9.21. The Morgan fingerprint density at radius 1 is 1.56 bits per heavy atom. The quantitative estimate of drug-likeness (QED) is 0.885. The summed E-state index contributed by atoms with van der Waals surface area (Å²) in [6.45, 7) is 2.14. The molecule has 1 N–H and O–H groups in total. The van der Waals surface area contributed by atoms with Crippen LogP contribution in [0.1, 0.15) is 31.7 Å². The topological polar surface area (TPSA) is 45.0 Å². The molecule has 0 spiro atoms. The lowest BCUT2D eigenvalue weighted by molar-refractivity contribution is 0.202. The first kappa shape index (κ1) is 12.9. The molecule has 18 heavy (non-hydrogen) atoms. The second-order valence-electron chi connectivity index (χ2n) is 4.93. The Hall–Kier alpha value is -1.53. The van der Waals surface area contributed by atoms with Crippen molar-refractivity contribution in [3.63, 3.8) is 0 Å². The Kier molecular flexibility index (Phi) is 3.88. The van der Waals surface area contributed by atoms with Crippen molar-refractivity contribution >= 4 is 0 Å². The van der Waals surface area contributed by atoms with E-state index in [1.165, 1.54) is 5.56 Å². The van der Waals surface area contributed by atoms with Crippen molar-refractivity contribution in [1.29, 1.82) is 5.26 Å². The number of nitrogens with zero attached hydrogens (tertiary/aromatic N) is 1. The standard InChI is InChI=1S/C15H20N2O/c1-3-12-5-4-6-13(9-12)18-14-7-8-15(10-14,11-16)17-2/h4-6,9,14,17H,3,7-8,10H2,1-2H3. The molecule has 1 aliphatic carbocycles. The predicted octanol–water partition coefficient (Wildman–Crippen LogP) is 2.66. The predicted molar refractivity (Wildman–Crippen MR) is 71.5 cm³/mol. The van der Waals surface area contributed by atoms with Crippen molar-refractivity contribution in [1.82, 2.24) is 5.32 Å². The van der Waals surface area contributed by atoms with Gasteiger partial charge in [-0.05, 0) is 44.0 Å². The molecule has 3 heteroatoms. The molecule has 1 fully saturated rings. The summed E-state index contributed by atoms with van der Waals surface area (Å²) in [5.74, 6) is 0.921. The number of nitrogens with one attached hydrogen (secondary N) is 1. The van der Waals surface area contributed by atoms with Crippen LogP contribution >= 0.6 is 0 Å². The van der Waals surface area contributed by atoms with Gasteiger partial charge >= 0.3 is 0 Å². The van der Waals surface area contributed by atoms with Crippen LogP contribution in [0.4, 0.5) is 0 Å². The van der Waals surface area contributed by atoms with Crippen LogP contribution in [-0.2, 0) is 6.42 Å². The zero-order valence-electron chi connectivity index (χ0n) is 11.1. The van der Waals surface area contributed by atoms with Gasteiger partial charge < -0.3 is 10.1 Å². The third-order valence-electron chi connectivity index (χ3n) is 3.77. The van der Waals surface area contributed by atoms with E-state index < -0.39 is 5.54 Å². The first-order chi connectivity index (χ1) is 8.71. The van der Waals surface area contributed by atoms with E-state index in [-0.39, 0.29) is 6.10 Å². The van der Waals surface area contributed by atoms with E-state index in [0.29, 0.717) is 0 Å². The molecule has 2 rings (SSSR count). The molecule has 0 bridgehead atoms. The van der Waals surface area contributed by atoms with Gasteiger partial charge in [-0.15, -0.1) is 0 Å². The van der Waals surface area contributed by atoms with Gasteiger partial charge in [-0.2, -0.15) is 5.26 Å². The maximum absolute atomic E-state index is 9.21. The average Bonchev–Trinajstić information content (AvgIpc) is 2.83. The Balaban J connectivity index is 2.01. The minimum absolute atomic E-state index is 0.143. The summed E-state index contributed by atoms with van der Waals surface area (Å²) in [5.41, 5.74) is 0.887. The Morgan fingerprint density at radius 3 is 3.00 bits per heavy atom. The first-order valence-electron chi connectivity index (χ1n) is 6.57. The van der Waals surface area contributed by atoms with Gasteiger partial charge in [0.05, 0.1) is 6.07 Å². The Labute approximate surface area is 109 Å². The van der Waals surface area contributed by atoms with Crippen LogP contribution in [0.25, 0.3) is 0 Å². The van der Waals surface area contributed by atoms with Crippen LogP contribution in [0.3, 0.4) is 0 Å². The molecule has 1 saturated carbocycles. The summed E-state index contributed by atoms with van der Waals surface area (Å²) in [4.78, 5) is 0. The summed E-state index contributed by atoms with van der Waals surface area (Å²) in [6.07, 6.45) is 3.71. The molecule has 0 heterocycles. The van der Waals surface area contributed by atoms with Crippen LogP contribution in [0.15, 0.2) is 24.3 Å². The summed E-state index contributed by atoms with van der Waals surface area (Å²) in [5, 5.41) is 12.3. The third kappa shape index (κ3) is 2.65. The number of aryl methyl sites for hydroxylation is 1. The molecule has 0 aliphatic heterocycles. The van der Waals surface area contributed by atoms with Gasteiger partial charge in [0.15, 0.2) is 0 Å². The lowest BCUT2D eigenvalue weighted by atomic mass is 10.0. The number of ether oxygens (including phenoxy) is 1. The molecule has 1 aromatic rings. The van der Waals surface area contributed by atoms with Crippen molar-refractivity contribution in [2.75, 3.05) is 7.05 Å². The number of hydrogen-bond donors (Lipinski definition) is 1. The summed E-state index contributed by atoms with van der Waals surface area (Å²) >= 11 is 0. The van der Waals surface area contributed by atoms with E-state index >= 15 is 0 Å². The number of nitriles is 1. The monoisotopic (exact) mass is 244 g/mol. The molecule has 1 aromatic carbocycles. The highest BCUT2D eigenvalue weighted by Gasteiger charge is 2.39.